The maximum Gasteiger partial charge on any atom is 0.326 e. The third-order valence-corrected chi connectivity index (χ3v) is 6.19. The smallest absolute Gasteiger partial charge is 0.326 e. The lowest BCUT2D eigenvalue weighted by Gasteiger charge is -2.38. The molecular formula is C26H38N2O5. The fourth-order valence-electron chi connectivity index (χ4n) is 4.38. The Labute approximate surface area is 197 Å². The van der Waals surface area contributed by atoms with Crippen molar-refractivity contribution in [3.63, 3.8) is 0 Å². The van der Waals surface area contributed by atoms with Gasteiger partial charge in [-0.3, -0.25) is 9.59 Å². The van der Waals surface area contributed by atoms with Crippen molar-refractivity contribution >= 4 is 18.3 Å². The predicted molar refractivity (Wildman–Crippen MR) is 129 cm³/mol. The van der Waals surface area contributed by atoms with Crippen LogP contribution >= 0.6 is 0 Å². The fraction of sp³-hybridized carbons (Fsp3) is 0.577. The average molecular weight is 459 g/mol. The second-order valence-corrected chi connectivity index (χ2v) is 8.73. The topological polar surface area (TPSA) is 95.9 Å². The monoisotopic (exact) mass is 458 g/mol. The van der Waals surface area contributed by atoms with Crippen molar-refractivity contribution < 1.29 is 24.2 Å². The van der Waals surface area contributed by atoms with Gasteiger partial charge in [-0.2, -0.15) is 0 Å². The van der Waals surface area contributed by atoms with E-state index in [9.17, 15) is 19.5 Å². The molecule has 0 aromatic carbocycles. The molecule has 0 radical (unpaired) electrons. The maximum absolute atomic E-state index is 13.1. The molecule has 0 saturated carbocycles. The highest BCUT2D eigenvalue weighted by molar-refractivity contribution is 5.88. The molecule has 3 rings (SSSR count). The lowest BCUT2D eigenvalue weighted by atomic mass is 9.87. The Balaban J connectivity index is 0.000000696. The van der Waals surface area contributed by atoms with Crippen molar-refractivity contribution in [1.29, 1.82) is 0 Å². The summed E-state index contributed by atoms with van der Waals surface area (Å²) in [6.07, 6.45) is 17.4. The van der Waals surface area contributed by atoms with Crippen LogP contribution in [0, 0.1) is 0 Å². The molecule has 0 saturated heterocycles. The number of nitrogens with zero attached hydrogens (tertiary/aromatic N) is 1. The largest absolute Gasteiger partial charge is 0.480 e. The number of carbonyl (C=O) groups is 3. The van der Waals surface area contributed by atoms with Gasteiger partial charge in [-0.15, -0.1) is 0 Å². The first kappa shape index (κ1) is 26.6. The highest BCUT2D eigenvalue weighted by Gasteiger charge is 2.37. The number of amides is 1. The molecule has 182 valence electrons. The lowest BCUT2D eigenvalue weighted by molar-refractivity contribution is -0.151. The molecule has 3 unspecified atom stereocenters. The van der Waals surface area contributed by atoms with Gasteiger partial charge in [0, 0.05) is 19.0 Å². The summed E-state index contributed by atoms with van der Waals surface area (Å²) in [5, 5.41) is 13.1. The molecule has 1 amide bonds. The average Bonchev–Trinajstić information content (AvgIpc) is 2.83. The van der Waals surface area contributed by atoms with Crippen LogP contribution in [0.15, 0.2) is 47.1 Å². The summed E-state index contributed by atoms with van der Waals surface area (Å²) in [6, 6.07) is -0.968. The van der Waals surface area contributed by atoms with Crippen LogP contribution in [0.1, 0.15) is 65.7 Å². The summed E-state index contributed by atoms with van der Waals surface area (Å²) in [6.45, 7) is 7.00. The Morgan fingerprint density at radius 2 is 2.00 bits per heavy atom. The van der Waals surface area contributed by atoms with Gasteiger partial charge in [0.1, 0.15) is 6.04 Å². The summed E-state index contributed by atoms with van der Waals surface area (Å²) >= 11 is 0. The summed E-state index contributed by atoms with van der Waals surface area (Å²) in [5.41, 5.74) is 3.68. The van der Waals surface area contributed by atoms with Gasteiger partial charge in [0.15, 0.2) is 0 Å². The van der Waals surface area contributed by atoms with E-state index in [0.717, 1.165) is 44.1 Å². The minimum atomic E-state index is -0.911. The zero-order chi connectivity index (χ0) is 24.2. The van der Waals surface area contributed by atoms with Crippen molar-refractivity contribution in [3.05, 3.63) is 47.1 Å². The van der Waals surface area contributed by atoms with Crippen LogP contribution in [0.3, 0.4) is 0 Å². The first-order valence-electron chi connectivity index (χ1n) is 11.9. The van der Waals surface area contributed by atoms with Crippen molar-refractivity contribution in [2.24, 2.45) is 0 Å². The van der Waals surface area contributed by atoms with Crippen molar-refractivity contribution in [1.82, 2.24) is 10.2 Å². The molecular weight excluding hydrogens is 420 g/mol. The minimum absolute atomic E-state index is 0.124. The molecule has 7 heteroatoms. The number of carboxylic acid groups (broad SMARTS) is 1. The van der Waals surface area contributed by atoms with Crippen LogP contribution in [0.5, 0.6) is 0 Å². The Bertz CT molecular complexity index is 811. The second kappa shape index (κ2) is 13.8. The Hall–Kier alpha value is -2.67. The van der Waals surface area contributed by atoms with Gasteiger partial charge in [-0.25, -0.2) is 4.79 Å². The Morgan fingerprint density at radius 3 is 2.61 bits per heavy atom. The van der Waals surface area contributed by atoms with Gasteiger partial charge in [0.2, 0.25) is 5.91 Å². The highest BCUT2D eigenvalue weighted by Crippen LogP contribution is 2.31. The number of aliphatic carboxylic acids is 1. The van der Waals surface area contributed by atoms with Crippen LogP contribution in [-0.2, 0) is 19.1 Å². The first-order chi connectivity index (χ1) is 15.9. The predicted octanol–water partition coefficient (Wildman–Crippen LogP) is 3.92. The van der Waals surface area contributed by atoms with Gasteiger partial charge >= 0.3 is 5.97 Å². The van der Waals surface area contributed by atoms with E-state index in [4.69, 9.17) is 0 Å². The molecule has 3 aliphatic rings. The molecule has 2 aliphatic carbocycles. The number of hydrogen-bond donors (Lipinski definition) is 2. The van der Waals surface area contributed by atoms with Gasteiger partial charge in [0.05, 0.1) is 12.6 Å². The van der Waals surface area contributed by atoms with Crippen LogP contribution in [0.25, 0.3) is 0 Å². The molecule has 0 fully saturated rings. The van der Waals surface area contributed by atoms with E-state index in [-0.39, 0.29) is 11.9 Å². The zero-order valence-electron chi connectivity index (χ0n) is 20.1. The number of hydrogen-bond acceptors (Lipinski definition) is 5. The molecule has 0 bridgehead atoms. The third kappa shape index (κ3) is 8.31. The maximum atomic E-state index is 13.1. The second-order valence-electron chi connectivity index (χ2n) is 8.73. The molecule has 0 aromatic rings. The molecule has 7 nitrogen and oxygen atoms in total. The quantitative estimate of drug-likeness (QED) is 0.509. The standard InChI is InChI=1S/C23H32N2O3.C3H6O2/c1-16(12-13-18-8-4-3-5-9-18)24-17(2)22(26)25-15-20-11-7-6-10-19(20)14-21(25)23(27)28;1-2-5-3-4/h4,7-9,11,16-17,21,24H,3,5-6,10,12-15H2,1-2H3,(H,27,28);3H,2H2,1H3. The van der Waals surface area contributed by atoms with Gasteiger partial charge < -0.3 is 20.1 Å². The lowest BCUT2D eigenvalue weighted by Crippen LogP contribution is -2.55. The van der Waals surface area contributed by atoms with E-state index < -0.39 is 18.1 Å². The third-order valence-electron chi connectivity index (χ3n) is 6.19. The number of carboxylic acids is 1. The summed E-state index contributed by atoms with van der Waals surface area (Å²) in [5.74, 6) is -1.03. The van der Waals surface area contributed by atoms with Gasteiger partial charge in [0.25, 0.3) is 6.47 Å². The first-order valence-corrected chi connectivity index (χ1v) is 11.9. The van der Waals surface area contributed by atoms with E-state index in [1.165, 1.54) is 11.1 Å². The molecule has 1 heterocycles. The zero-order valence-corrected chi connectivity index (χ0v) is 20.1. The molecule has 3 atom stereocenters. The van der Waals surface area contributed by atoms with E-state index >= 15 is 0 Å². The van der Waals surface area contributed by atoms with Crippen LogP contribution in [-0.4, -0.2) is 59.6 Å². The number of rotatable bonds is 9. The minimum Gasteiger partial charge on any atom is -0.480 e. The van der Waals surface area contributed by atoms with Gasteiger partial charge in [-0.05, 0) is 64.9 Å². The summed E-state index contributed by atoms with van der Waals surface area (Å²) in [4.78, 5) is 35.6. The van der Waals surface area contributed by atoms with Gasteiger partial charge in [-0.1, -0.05) is 41.5 Å². The van der Waals surface area contributed by atoms with E-state index in [1.807, 2.05) is 6.92 Å². The highest BCUT2D eigenvalue weighted by atomic mass is 16.5. The molecule has 33 heavy (non-hydrogen) atoms. The summed E-state index contributed by atoms with van der Waals surface area (Å²) in [7, 11) is 0. The number of nitrogens with one attached hydrogen (secondary N) is 1. The number of allylic oxidation sites excluding steroid dienone is 5. The van der Waals surface area contributed by atoms with Crippen LogP contribution < -0.4 is 5.32 Å². The van der Waals surface area contributed by atoms with Crippen molar-refractivity contribution in [2.45, 2.75) is 83.8 Å². The number of ether oxygens (including phenoxy) is 1. The Kier molecular flexibility index (Phi) is 11.1. The SMILES string of the molecule is CC(CCC1=CCCC=C1)NC(C)C(=O)N1CC2=C(CCC=C2)CC1C(=O)O.CCOC=O. The molecule has 0 aromatic heterocycles. The molecule has 2 N–H and O–H groups in total. The van der Waals surface area contributed by atoms with Crippen LogP contribution in [0.2, 0.25) is 0 Å². The number of carbonyl (C=O) groups excluding carboxylic acids is 2. The Morgan fingerprint density at radius 1 is 1.24 bits per heavy atom. The van der Waals surface area contributed by atoms with Crippen LogP contribution in [0.4, 0.5) is 0 Å². The normalized spacial score (nSPS) is 21.2. The van der Waals surface area contributed by atoms with E-state index in [1.54, 1.807) is 11.8 Å². The molecule has 1 aliphatic heterocycles. The summed E-state index contributed by atoms with van der Waals surface area (Å²) < 4.78 is 4.15. The van der Waals surface area contributed by atoms with Crippen molar-refractivity contribution in [3.8, 4) is 0 Å². The van der Waals surface area contributed by atoms with E-state index in [0.29, 0.717) is 26.0 Å². The van der Waals surface area contributed by atoms with E-state index in [2.05, 4.69) is 47.4 Å². The molecule has 0 spiro atoms. The fourth-order valence-corrected chi connectivity index (χ4v) is 4.38. The van der Waals surface area contributed by atoms with Crippen molar-refractivity contribution in [2.75, 3.05) is 13.2 Å².